The van der Waals surface area contributed by atoms with Gasteiger partial charge in [0.1, 0.15) is 0 Å². The number of aromatic nitrogens is 1. The second-order valence-electron chi connectivity index (χ2n) is 4.47. The number of para-hydroxylation sites is 1. The number of rotatable bonds is 2. The third kappa shape index (κ3) is 1.70. The summed E-state index contributed by atoms with van der Waals surface area (Å²) in [6.07, 6.45) is 2.32. The molecule has 1 aliphatic rings. The summed E-state index contributed by atoms with van der Waals surface area (Å²) in [6.45, 7) is 1.39. The first-order valence-electron chi connectivity index (χ1n) is 5.72. The Labute approximate surface area is 99.0 Å². The summed E-state index contributed by atoms with van der Waals surface area (Å²) in [6, 6.07) is 7.59. The number of nitrogens with zero attached hydrogens (tertiary/aromatic N) is 1. The fourth-order valence-electron chi connectivity index (χ4n) is 2.18. The minimum absolute atomic E-state index is 0.0891. The number of hydrogen-bond donors (Lipinski definition) is 1. The van der Waals surface area contributed by atoms with Crippen LogP contribution in [0.2, 0.25) is 0 Å². The molecular formula is C13H14N2O2. The summed E-state index contributed by atoms with van der Waals surface area (Å²) < 4.78 is 6.73. The lowest BCUT2D eigenvalue weighted by atomic mass is 10.0. The first-order valence-corrected chi connectivity index (χ1v) is 5.72. The molecule has 4 nitrogen and oxygen atoms in total. The third-order valence-electron chi connectivity index (χ3n) is 3.18. The van der Waals surface area contributed by atoms with E-state index in [1.165, 1.54) is 0 Å². The van der Waals surface area contributed by atoms with Crippen molar-refractivity contribution >= 4 is 22.5 Å². The molecular weight excluding hydrogens is 216 g/mol. The van der Waals surface area contributed by atoms with Gasteiger partial charge in [-0.05, 0) is 12.1 Å². The molecule has 88 valence electrons. The van der Waals surface area contributed by atoms with Crippen molar-refractivity contribution in [2.45, 2.75) is 6.42 Å². The molecule has 0 atom stereocenters. The quantitative estimate of drug-likeness (QED) is 0.802. The predicted molar refractivity (Wildman–Crippen MR) is 65.9 cm³/mol. The molecule has 0 spiro atoms. The first-order chi connectivity index (χ1) is 8.25. The Morgan fingerprint density at radius 1 is 1.41 bits per heavy atom. The number of nitrogens with two attached hydrogens (primary N) is 1. The van der Waals surface area contributed by atoms with Crippen LogP contribution in [0, 0.1) is 5.92 Å². The third-order valence-corrected chi connectivity index (χ3v) is 3.18. The van der Waals surface area contributed by atoms with Crippen LogP contribution < -0.4 is 5.73 Å². The maximum Gasteiger partial charge on any atom is 0.231 e. The molecule has 17 heavy (non-hydrogen) atoms. The zero-order chi connectivity index (χ0) is 11.8. The van der Waals surface area contributed by atoms with E-state index in [2.05, 4.69) is 0 Å². The lowest BCUT2D eigenvalue weighted by Gasteiger charge is -2.25. The summed E-state index contributed by atoms with van der Waals surface area (Å²) in [5, 5.41) is 1.00. The number of anilines is 1. The minimum Gasteiger partial charge on any atom is -0.397 e. The van der Waals surface area contributed by atoms with E-state index in [0.29, 0.717) is 31.2 Å². The number of hydrogen-bond acceptors (Lipinski definition) is 3. The van der Waals surface area contributed by atoms with E-state index in [1.807, 2.05) is 24.3 Å². The average molecular weight is 230 g/mol. The SMILES string of the molecule is Nc1cccc2ccn(C(=O)CC3COC3)c12. The van der Waals surface area contributed by atoms with Gasteiger partial charge in [-0.25, -0.2) is 0 Å². The molecule has 1 aromatic carbocycles. The molecule has 1 fully saturated rings. The van der Waals surface area contributed by atoms with Crippen LogP contribution in [-0.4, -0.2) is 23.7 Å². The minimum atomic E-state index is 0.0891. The Morgan fingerprint density at radius 2 is 2.24 bits per heavy atom. The highest BCUT2D eigenvalue weighted by Crippen LogP contribution is 2.24. The van der Waals surface area contributed by atoms with Gasteiger partial charge in [-0.1, -0.05) is 12.1 Å². The lowest BCUT2D eigenvalue weighted by Crippen LogP contribution is -2.31. The van der Waals surface area contributed by atoms with E-state index in [1.54, 1.807) is 10.8 Å². The van der Waals surface area contributed by atoms with Gasteiger partial charge in [-0.3, -0.25) is 9.36 Å². The monoisotopic (exact) mass is 230 g/mol. The van der Waals surface area contributed by atoms with E-state index in [9.17, 15) is 4.79 Å². The Bertz CT molecular complexity index is 570. The maximum absolute atomic E-state index is 12.1. The number of ether oxygens (including phenoxy) is 1. The maximum atomic E-state index is 12.1. The number of nitrogen functional groups attached to an aromatic ring is 1. The first kappa shape index (κ1) is 10.4. The van der Waals surface area contributed by atoms with Crippen molar-refractivity contribution in [1.29, 1.82) is 0 Å². The van der Waals surface area contributed by atoms with Crippen molar-refractivity contribution in [3.63, 3.8) is 0 Å². The fraction of sp³-hybridized carbons (Fsp3) is 0.308. The largest absolute Gasteiger partial charge is 0.397 e. The molecule has 0 radical (unpaired) electrons. The topological polar surface area (TPSA) is 57.2 Å². The van der Waals surface area contributed by atoms with Crippen molar-refractivity contribution in [2.75, 3.05) is 18.9 Å². The van der Waals surface area contributed by atoms with Gasteiger partial charge >= 0.3 is 0 Å². The van der Waals surface area contributed by atoms with E-state index in [4.69, 9.17) is 10.5 Å². The van der Waals surface area contributed by atoms with Crippen LogP contribution in [0.3, 0.4) is 0 Å². The van der Waals surface area contributed by atoms with Crippen molar-refractivity contribution in [1.82, 2.24) is 4.57 Å². The normalized spacial score (nSPS) is 16.0. The van der Waals surface area contributed by atoms with E-state index < -0.39 is 0 Å². The van der Waals surface area contributed by atoms with Gasteiger partial charge in [0.15, 0.2) is 0 Å². The number of benzene rings is 1. The molecule has 0 bridgehead atoms. The van der Waals surface area contributed by atoms with Gasteiger partial charge in [-0.2, -0.15) is 0 Å². The van der Waals surface area contributed by atoms with Crippen LogP contribution in [0.15, 0.2) is 30.5 Å². The highest BCUT2D eigenvalue weighted by atomic mass is 16.5. The van der Waals surface area contributed by atoms with Gasteiger partial charge in [0.2, 0.25) is 5.91 Å². The smallest absolute Gasteiger partial charge is 0.231 e. The second kappa shape index (κ2) is 3.89. The molecule has 2 N–H and O–H groups in total. The van der Waals surface area contributed by atoms with E-state index in [0.717, 1.165) is 10.9 Å². The Balaban J connectivity index is 1.96. The molecule has 2 heterocycles. The summed E-state index contributed by atoms with van der Waals surface area (Å²) in [5.41, 5.74) is 7.38. The molecule has 1 saturated heterocycles. The van der Waals surface area contributed by atoms with Crippen molar-refractivity contribution in [3.8, 4) is 0 Å². The standard InChI is InChI=1S/C13H14N2O2/c14-11-3-1-2-10-4-5-15(13(10)11)12(16)6-9-7-17-8-9/h1-5,9H,6-8,14H2. The van der Waals surface area contributed by atoms with Crippen LogP contribution in [0.5, 0.6) is 0 Å². The number of carbonyl (C=O) groups excluding carboxylic acids is 1. The average Bonchev–Trinajstić information content (AvgIpc) is 2.68. The Kier molecular flexibility index (Phi) is 2.37. The molecule has 4 heteroatoms. The fourth-order valence-corrected chi connectivity index (χ4v) is 2.18. The second-order valence-corrected chi connectivity index (χ2v) is 4.47. The van der Waals surface area contributed by atoms with Gasteiger partial charge in [0.25, 0.3) is 0 Å². The van der Waals surface area contributed by atoms with Crippen LogP contribution in [-0.2, 0) is 4.74 Å². The number of fused-ring (bicyclic) bond motifs is 1. The van der Waals surface area contributed by atoms with Crippen molar-refractivity contribution in [3.05, 3.63) is 30.5 Å². The van der Waals surface area contributed by atoms with E-state index >= 15 is 0 Å². The molecule has 0 saturated carbocycles. The molecule has 1 aliphatic heterocycles. The number of carbonyl (C=O) groups is 1. The van der Waals surface area contributed by atoms with Crippen LogP contribution in [0.1, 0.15) is 11.2 Å². The molecule has 0 aliphatic carbocycles. The summed E-state index contributed by atoms with van der Waals surface area (Å²) in [5.74, 6) is 0.455. The van der Waals surface area contributed by atoms with Gasteiger partial charge in [0, 0.05) is 23.9 Å². The van der Waals surface area contributed by atoms with Gasteiger partial charge < -0.3 is 10.5 Å². The summed E-state index contributed by atoms with van der Waals surface area (Å²) in [4.78, 5) is 12.1. The van der Waals surface area contributed by atoms with Crippen LogP contribution in [0.4, 0.5) is 5.69 Å². The molecule has 3 rings (SSSR count). The van der Waals surface area contributed by atoms with Crippen molar-refractivity contribution in [2.24, 2.45) is 5.92 Å². The van der Waals surface area contributed by atoms with Gasteiger partial charge in [0.05, 0.1) is 24.4 Å². The highest BCUT2D eigenvalue weighted by molar-refractivity contribution is 5.98. The molecule has 2 aromatic rings. The zero-order valence-corrected chi connectivity index (χ0v) is 9.43. The summed E-state index contributed by atoms with van der Waals surface area (Å²) >= 11 is 0. The highest BCUT2D eigenvalue weighted by Gasteiger charge is 2.23. The van der Waals surface area contributed by atoms with Crippen LogP contribution in [0.25, 0.3) is 10.9 Å². The van der Waals surface area contributed by atoms with Crippen LogP contribution >= 0.6 is 0 Å². The molecule has 0 amide bonds. The predicted octanol–water partition coefficient (Wildman–Crippen LogP) is 1.90. The van der Waals surface area contributed by atoms with Crippen molar-refractivity contribution < 1.29 is 9.53 Å². The Morgan fingerprint density at radius 3 is 2.94 bits per heavy atom. The summed E-state index contributed by atoms with van der Waals surface area (Å²) in [7, 11) is 0. The lowest BCUT2D eigenvalue weighted by molar-refractivity contribution is -0.0331. The Hall–Kier alpha value is -1.81. The molecule has 1 aromatic heterocycles. The zero-order valence-electron chi connectivity index (χ0n) is 9.43. The molecule has 0 unspecified atom stereocenters. The van der Waals surface area contributed by atoms with E-state index in [-0.39, 0.29) is 5.91 Å². The van der Waals surface area contributed by atoms with Gasteiger partial charge in [-0.15, -0.1) is 0 Å².